The lowest BCUT2D eigenvalue weighted by Gasteiger charge is -2.30. The molecule has 0 spiro atoms. The third-order valence-electron chi connectivity index (χ3n) is 6.85. The summed E-state index contributed by atoms with van der Waals surface area (Å²) in [6.07, 6.45) is 2.53. The molecule has 3 aromatic rings. The Morgan fingerprint density at radius 1 is 0.829 bits per heavy atom. The van der Waals surface area contributed by atoms with Crippen LogP contribution in [0.5, 0.6) is 5.75 Å². The molecule has 3 atom stereocenters. The topological polar surface area (TPSA) is 42.0 Å². The van der Waals surface area contributed by atoms with E-state index in [2.05, 4.69) is 0 Å². The Labute approximate surface area is 216 Å². The maximum Gasteiger partial charge on any atom is 0.255 e. The molecule has 0 bridgehead atoms. The number of hydroxylamine groups is 1. The standard InChI is InChI=1S/C28H28Cl2N2O3/c1-34-24-15-7-20(8-16-24)26-25(19-5-9-21(29)10-6-19)27(28(33)31-17-3-2-4-18-31)35-32(26)23-13-11-22(30)12-14-23/h5-16,25-27H,2-4,17-18H2,1H3/t25-,26-,27-/m0/s1. The second-order valence-corrected chi connectivity index (χ2v) is 9.88. The highest BCUT2D eigenvalue weighted by molar-refractivity contribution is 6.30. The van der Waals surface area contributed by atoms with Crippen molar-refractivity contribution < 1.29 is 14.4 Å². The number of ether oxygens (including phenoxy) is 1. The number of amides is 1. The number of hydrogen-bond donors (Lipinski definition) is 0. The van der Waals surface area contributed by atoms with Crippen molar-refractivity contribution in [3.63, 3.8) is 0 Å². The molecule has 7 heteroatoms. The molecule has 0 aromatic heterocycles. The number of hydrogen-bond acceptors (Lipinski definition) is 4. The van der Waals surface area contributed by atoms with Crippen LogP contribution in [0, 0.1) is 0 Å². The Kier molecular flexibility index (Phi) is 7.19. The first-order valence-corrected chi connectivity index (χ1v) is 12.7. The van der Waals surface area contributed by atoms with Crippen molar-refractivity contribution in [1.82, 2.24) is 4.90 Å². The van der Waals surface area contributed by atoms with Crippen molar-refractivity contribution in [1.29, 1.82) is 0 Å². The first-order chi connectivity index (χ1) is 17.0. The molecule has 0 radical (unpaired) electrons. The van der Waals surface area contributed by atoms with Gasteiger partial charge in [0.15, 0.2) is 6.10 Å². The van der Waals surface area contributed by atoms with Crippen molar-refractivity contribution in [3.8, 4) is 5.75 Å². The molecule has 2 fully saturated rings. The fourth-order valence-electron chi connectivity index (χ4n) is 5.05. The number of nitrogens with zero attached hydrogens (tertiary/aromatic N) is 2. The quantitative estimate of drug-likeness (QED) is 0.384. The zero-order valence-corrected chi connectivity index (χ0v) is 21.1. The summed E-state index contributed by atoms with van der Waals surface area (Å²) in [7, 11) is 1.65. The average molecular weight is 511 g/mol. The number of methoxy groups -OCH3 is 1. The Balaban J connectivity index is 1.62. The molecule has 1 amide bonds. The van der Waals surface area contributed by atoms with Gasteiger partial charge in [-0.1, -0.05) is 47.5 Å². The first-order valence-electron chi connectivity index (χ1n) is 11.9. The summed E-state index contributed by atoms with van der Waals surface area (Å²) >= 11 is 12.4. The minimum absolute atomic E-state index is 0.0274. The summed E-state index contributed by atoms with van der Waals surface area (Å²) in [5, 5.41) is 3.16. The van der Waals surface area contributed by atoms with Gasteiger partial charge in [0, 0.05) is 29.1 Å². The molecule has 2 aliphatic rings. The van der Waals surface area contributed by atoms with E-state index >= 15 is 0 Å². The van der Waals surface area contributed by atoms with E-state index in [1.165, 1.54) is 0 Å². The second-order valence-electron chi connectivity index (χ2n) is 9.01. The molecule has 5 nitrogen and oxygen atoms in total. The Hall–Kier alpha value is -2.73. The summed E-state index contributed by atoms with van der Waals surface area (Å²) in [5.41, 5.74) is 2.86. The number of carbonyl (C=O) groups is 1. The molecule has 2 aliphatic heterocycles. The van der Waals surface area contributed by atoms with Gasteiger partial charge in [-0.25, -0.2) is 5.06 Å². The van der Waals surface area contributed by atoms with Crippen LogP contribution in [-0.2, 0) is 9.63 Å². The smallest absolute Gasteiger partial charge is 0.255 e. The average Bonchev–Trinajstić information content (AvgIpc) is 3.30. The van der Waals surface area contributed by atoms with Crippen LogP contribution in [0.15, 0.2) is 72.8 Å². The lowest BCUT2D eigenvalue weighted by molar-refractivity contribution is -0.143. The van der Waals surface area contributed by atoms with Gasteiger partial charge in [0.25, 0.3) is 5.91 Å². The number of carbonyl (C=O) groups excluding carboxylic acids is 1. The van der Waals surface area contributed by atoms with Crippen LogP contribution in [0.3, 0.4) is 0 Å². The highest BCUT2D eigenvalue weighted by Crippen LogP contribution is 2.48. The van der Waals surface area contributed by atoms with E-state index in [-0.39, 0.29) is 17.9 Å². The van der Waals surface area contributed by atoms with Gasteiger partial charge in [-0.15, -0.1) is 0 Å². The normalized spacial score (nSPS) is 22.3. The molecule has 5 rings (SSSR count). The zero-order valence-electron chi connectivity index (χ0n) is 19.6. The molecule has 0 N–H and O–H groups in total. The fraction of sp³-hybridized carbons (Fsp3) is 0.321. The van der Waals surface area contributed by atoms with Crippen molar-refractivity contribution in [2.24, 2.45) is 0 Å². The highest BCUT2D eigenvalue weighted by Gasteiger charge is 2.50. The molecule has 0 saturated carbocycles. The van der Waals surface area contributed by atoms with Crippen LogP contribution >= 0.6 is 23.2 Å². The maximum atomic E-state index is 13.9. The maximum absolute atomic E-state index is 13.9. The Morgan fingerprint density at radius 2 is 1.40 bits per heavy atom. The second kappa shape index (κ2) is 10.5. The monoisotopic (exact) mass is 510 g/mol. The summed E-state index contributed by atoms with van der Waals surface area (Å²) in [4.78, 5) is 22.4. The molecule has 3 aromatic carbocycles. The number of halogens is 2. The van der Waals surface area contributed by atoms with Gasteiger partial charge in [0.2, 0.25) is 0 Å². The van der Waals surface area contributed by atoms with Crippen LogP contribution in [0.25, 0.3) is 0 Å². The highest BCUT2D eigenvalue weighted by atomic mass is 35.5. The lowest BCUT2D eigenvalue weighted by Crippen LogP contribution is -2.44. The third-order valence-corrected chi connectivity index (χ3v) is 7.35. The molecule has 2 saturated heterocycles. The minimum atomic E-state index is -0.669. The number of likely N-dealkylation sites (tertiary alicyclic amines) is 1. The van der Waals surface area contributed by atoms with Crippen molar-refractivity contribution in [2.45, 2.75) is 37.3 Å². The molecular weight excluding hydrogens is 483 g/mol. The van der Waals surface area contributed by atoms with Crippen LogP contribution in [-0.4, -0.2) is 37.1 Å². The Bertz CT molecular complexity index is 1150. The van der Waals surface area contributed by atoms with Crippen LogP contribution < -0.4 is 9.80 Å². The SMILES string of the molecule is COc1ccc([C@H]2[C@H](c3ccc(Cl)cc3)[C@@H](C(=O)N3CCCCC3)ON2c2ccc(Cl)cc2)cc1. The van der Waals surface area contributed by atoms with Gasteiger partial charge in [-0.2, -0.15) is 0 Å². The van der Waals surface area contributed by atoms with Crippen molar-refractivity contribution in [2.75, 3.05) is 25.3 Å². The molecule has 182 valence electrons. The van der Waals surface area contributed by atoms with Gasteiger partial charge in [-0.05, 0) is 78.9 Å². The van der Waals surface area contributed by atoms with Gasteiger partial charge < -0.3 is 9.64 Å². The number of anilines is 1. The fourth-order valence-corrected chi connectivity index (χ4v) is 5.31. The largest absolute Gasteiger partial charge is 0.497 e. The van der Waals surface area contributed by atoms with E-state index in [0.717, 1.165) is 54.9 Å². The third kappa shape index (κ3) is 4.99. The zero-order chi connectivity index (χ0) is 24.4. The van der Waals surface area contributed by atoms with E-state index in [1.54, 1.807) is 7.11 Å². The molecule has 2 heterocycles. The van der Waals surface area contributed by atoms with Gasteiger partial charge in [0.05, 0.1) is 18.8 Å². The van der Waals surface area contributed by atoms with Crippen LogP contribution in [0.1, 0.15) is 42.3 Å². The molecule has 0 aliphatic carbocycles. The predicted molar refractivity (Wildman–Crippen MR) is 139 cm³/mol. The number of rotatable bonds is 5. The van der Waals surface area contributed by atoms with Gasteiger partial charge >= 0.3 is 0 Å². The van der Waals surface area contributed by atoms with E-state index in [1.807, 2.05) is 82.8 Å². The molecule has 0 unspecified atom stereocenters. The molecule has 35 heavy (non-hydrogen) atoms. The van der Waals surface area contributed by atoms with Gasteiger partial charge in [0.1, 0.15) is 5.75 Å². The van der Waals surface area contributed by atoms with E-state index in [4.69, 9.17) is 32.8 Å². The summed E-state index contributed by atoms with van der Waals surface area (Å²) in [6.45, 7) is 1.53. The lowest BCUT2D eigenvalue weighted by atomic mass is 9.83. The summed E-state index contributed by atoms with van der Waals surface area (Å²) in [5.74, 6) is 0.556. The first kappa shape index (κ1) is 24.0. The van der Waals surface area contributed by atoms with Crippen LogP contribution in [0.2, 0.25) is 10.0 Å². The predicted octanol–water partition coefficient (Wildman–Crippen LogP) is 6.66. The summed E-state index contributed by atoms with van der Waals surface area (Å²) < 4.78 is 5.38. The minimum Gasteiger partial charge on any atom is -0.497 e. The van der Waals surface area contributed by atoms with E-state index < -0.39 is 6.10 Å². The molecular formula is C28H28Cl2N2O3. The number of piperidine rings is 1. The van der Waals surface area contributed by atoms with Gasteiger partial charge in [-0.3, -0.25) is 9.63 Å². The van der Waals surface area contributed by atoms with Crippen molar-refractivity contribution in [3.05, 3.63) is 94.0 Å². The van der Waals surface area contributed by atoms with Crippen LogP contribution in [0.4, 0.5) is 5.69 Å². The Morgan fingerprint density at radius 3 is 2.00 bits per heavy atom. The van der Waals surface area contributed by atoms with E-state index in [0.29, 0.717) is 10.0 Å². The number of benzene rings is 3. The van der Waals surface area contributed by atoms with Crippen molar-refractivity contribution >= 4 is 34.8 Å². The van der Waals surface area contributed by atoms with E-state index in [9.17, 15) is 4.79 Å². The summed E-state index contributed by atoms with van der Waals surface area (Å²) in [6, 6.07) is 22.9.